The van der Waals surface area contributed by atoms with Crippen molar-refractivity contribution in [1.82, 2.24) is 9.38 Å². The minimum absolute atomic E-state index is 0.987. The fraction of sp³-hybridized carbons (Fsp3) is 0. The number of aromatic nitrogens is 2. The van der Waals surface area contributed by atoms with E-state index in [0.717, 1.165) is 27.6 Å². The SMILES string of the molecule is c1ccc2cc(-c3c4ccccc4c(-c4ccc5ccccc5c4)c4cc(-c5ccc6c(c5)c5ccccc5c5nc7c8ccccc8c8ccccc8c7n65)ccc34)ccc2c1. The van der Waals surface area contributed by atoms with E-state index in [1.54, 1.807) is 0 Å². The van der Waals surface area contributed by atoms with E-state index in [1.165, 1.54) is 109 Å². The molecular formula is C61H36N2. The van der Waals surface area contributed by atoms with Gasteiger partial charge in [0.15, 0.2) is 0 Å². The lowest BCUT2D eigenvalue weighted by molar-refractivity contribution is 1.32. The first kappa shape index (κ1) is 34.4. The van der Waals surface area contributed by atoms with Gasteiger partial charge in [-0.2, -0.15) is 0 Å². The van der Waals surface area contributed by atoms with Crippen molar-refractivity contribution in [2.75, 3.05) is 0 Å². The topological polar surface area (TPSA) is 17.3 Å². The smallest absolute Gasteiger partial charge is 0.146 e. The molecule has 0 spiro atoms. The molecular weight excluding hydrogens is 761 g/mol. The lowest BCUT2D eigenvalue weighted by atomic mass is 9.84. The summed E-state index contributed by atoms with van der Waals surface area (Å²) in [6.07, 6.45) is 0. The molecule has 14 aromatic rings. The Morgan fingerprint density at radius 2 is 0.698 bits per heavy atom. The molecule has 0 amide bonds. The quantitative estimate of drug-likeness (QED) is 0.129. The van der Waals surface area contributed by atoms with E-state index in [-0.39, 0.29) is 0 Å². The van der Waals surface area contributed by atoms with Gasteiger partial charge in [0, 0.05) is 21.5 Å². The molecule has 0 saturated carbocycles. The molecule has 0 saturated heterocycles. The standard InChI is InChI=1S/C61H36N2/c1-3-15-39-33-43(27-25-37(39)13-1)57-48-20-8-9-21-49(48)58(44-28-26-38-14-2-4-16-40(38)34-44)55-36-41(29-31-50(55)57)42-30-32-56-54(35-42)47-19-7-12-24-53(47)61-62-59-51-22-10-5-17-45(51)46-18-6-11-23-52(46)60(59)63(56)61/h1-36H. The predicted octanol–water partition coefficient (Wildman–Crippen LogP) is 16.7. The lowest BCUT2D eigenvalue weighted by Crippen LogP contribution is -1.94. The van der Waals surface area contributed by atoms with Crippen LogP contribution in [0.1, 0.15) is 0 Å². The highest BCUT2D eigenvalue weighted by molar-refractivity contribution is 6.27. The minimum atomic E-state index is 0.987. The molecule has 0 atom stereocenters. The van der Waals surface area contributed by atoms with Crippen molar-refractivity contribution in [2.24, 2.45) is 0 Å². The third kappa shape index (κ3) is 4.98. The number of hydrogen-bond acceptors (Lipinski definition) is 1. The molecule has 2 nitrogen and oxygen atoms in total. The van der Waals surface area contributed by atoms with E-state index >= 15 is 0 Å². The van der Waals surface area contributed by atoms with E-state index in [0.29, 0.717) is 0 Å². The molecule has 12 aromatic carbocycles. The minimum Gasteiger partial charge on any atom is -0.291 e. The Morgan fingerprint density at radius 1 is 0.270 bits per heavy atom. The largest absolute Gasteiger partial charge is 0.291 e. The number of pyridine rings is 1. The molecule has 290 valence electrons. The summed E-state index contributed by atoms with van der Waals surface area (Å²) in [6, 6.07) is 80.7. The number of nitrogens with zero attached hydrogens (tertiary/aromatic N) is 2. The molecule has 0 fully saturated rings. The number of benzene rings is 12. The highest BCUT2D eigenvalue weighted by atomic mass is 15.0. The molecule has 0 N–H and O–H groups in total. The van der Waals surface area contributed by atoms with Crippen LogP contribution >= 0.6 is 0 Å². The number of fused-ring (bicyclic) bond motifs is 17. The Morgan fingerprint density at radius 3 is 1.33 bits per heavy atom. The molecule has 0 radical (unpaired) electrons. The van der Waals surface area contributed by atoms with Crippen LogP contribution in [0.2, 0.25) is 0 Å². The second kappa shape index (κ2) is 13.1. The van der Waals surface area contributed by atoms with E-state index in [2.05, 4.69) is 223 Å². The molecule has 63 heavy (non-hydrogen) atoms. The highest BCUT2D eigenvalue weighted by Gasteiger charge is 2.21. The fourth-order valence-electron chi connectivity index (χ4n) is 10.8. The van der Waals surface area contributed by atoms with Crippen LogP contribution in [0, 0.1) is 0 Å². The summed E-state index contributed by atoms with van der Waals surface area (Å²) in [5.74, 6) is 0. The van der Waals surface area contributed by atoms with Crippen molar-refractivity contribution < 1.29 is 0 Å². The first-order chi connectivity index (χ1) is 31.2. The van der Waals surface area contributed by atoms with Gasteiger partial charge in [-0.3, -0.25) is 4.40 Å². The monoisotopic (exact) mass is 796 g/mol. The maximum atomic E-state index is 5.48. The van der Waals surface area contributed by atoms with Crippen molar-refractivity contribution >= 4 is 103 Å². The zero-order valence-corrected chi connectivity index (χ0v) is 34.2. The van der Waals surface area contributed by atoms with Gasteiger partial charge in [0.1, 0.15) is 5.65 Å². The van der Waals surface area contributed by atoms with Crippen molar-refractivity contribution in [3.63, 3.8) is 0 Å². The summed E-state index contributed by atoms with van der Waals surface area (Å²) in [7, 11) is 0. The van der Waals surface area contributed by atoms with E-state index in [1.807, 2.05) is 0 Å². The number of hydrogen-bond donors (Lipinski definition) is 0. The van der Waals surface area contributed by atoms with Gasteiger partial charge in [-0.1, -0.05) is 188 Å². The number of rotatable bonds is 3. The average molecular weight is 797 g/mol. The van der Waals surface area contributed by atoms with Crippen molar-refractivity contribution in [3.8, 4) is 33.4 Å². The Balaban J connectivity index is 1.07. The Kier molecular flexibility index (Phi) is 7.14. The molecule has 0 aliphatic heterocycles. The van der Waals surface area contributed by atoms with Crippen LogP contribution in [0.4, 0.5) is 0 Å². The summed E-state index contributed by atoms with van der Waals surface area (Å²) in [6.45, 7) is 0. The van der Waals surface area contributed by atoms with Crippen molar-refractivity contribution in [2.45, 2.75) is 0 Å². The summed E-state index contributed by atoms with van der Waals surface area (Å²) < 4.78 is 2.42. The highest BCUT2D eigenvalue weighted by Crippen LogP contribution is 2.47. The molecule has 0 unspecified atom stereocenters. The normalized spacial score (nSPS) is 12.1. The average Bonchev–Trinajstić information content (AvgIpc) is 3.77. The van der Waals surface area contributed by atoms with Gasteiger partial charge in [0.25, 0.3) is 0 Å². The third-order valence-corrected chi connectivity index (χ3v) is 13.7. The first-order valence-corrected chi connectivity index (χ1v) is 21.8. The van der Waals surface area contributed by atoms with Crippen LogP contribution in [-0.4, -0.2) is 9.38 Å². The van der Waals surface area contributed by atoms with Gasteiger partial charge < -0.3 is 0 Å². The van der Waals surface area contributed by atoms with E-state index < -0.39 is 0 Å². The molecule has 0 aliphatic rings. The van der Waals surface area contributed by atoms with E-state index in [4.69, 9.17) is 4.98 Å². The second-order valence-electron chi connectivity index (χ2n) is 17.0. The molecule has 14 rings (SSSR count). The van der Waals surface area contributed by atoms with Gasteiger partial charge >= 0.3 is 0 Å². The Hall–Kier alpha value is -8.33. The second-order valence-corrected chi connectivity index (χ2v) is 17.0. The number of imidazole rings is 1. The Bertz CT molecular complexity index is 4270. The maximum Gasteiger partial charge on any atom is 0.146 e. The van der Waals surface area contributed by atoms with Crippen molar-refractivity contribution in [3.05, 3.63) is 218 Å². The van der Waals surface area contributed by atoms with Gasteiger partial charge in [-0.15, -0.1) is 0 Å². The molecule has 0 bridgehead atoms. The van der Waals surface area contributed by atoms with Crippen LogP contribution in [0.15, 0.2) is 218 Å². The fourth-order valence-corrected chi connectivity index (χ4v) is 10.8. The van der Waals surface area contributed by atoms with Crippen LogP contribution in [-0.2, 0) is 0 Å². The van der Waals surface area contributed by atoms with Gasteiger partial charge in [-0.05, 0) is 123 Å². The van der Waals surface area contributed by atoms with Crippen LogP contribution < -0.4 is 0 Å². The molecule has 0 aliphatic carbocycles. The molecule has 2 heterocycles. The zero-order valence-electron chi connectivity index (χ0n) is 34.2. The predicted molar refractivity (Wildman–Crippen MR) is 269 cm³/mol. The zero-order chi connectivity index (χ0) is 41.2. The molecule has 2 aromatic heterocycles. The summed E-state index contributed by atoms with van der Waals surface area (Å²) in [5, 5.41) is 18.4. The third-order valence-electron chi connectivity index (χ3n) is 13.7. The van der Waals surface area contributed by atoms with Crippen LogP contribution in [0.5, 0.6) is 0 Å². The van der Waals surface area contributed by atoms with Gasteiger partial charge in [0.05, 0.1) is 16.6 Å². The van der Waals surface area contributed by atoms with Crippen LogP contribution in [0.25, 0.3) is 136 Å². The van der Waals surface area contributed by atoms with Gasteiger partial charge in [0.2, 0.25) is 0 Å². The maximum absolute atomic E-state index is 5.48. The van der Waals surface area contributed by atoms with Crippen molar-refractivity contribution in [1.29, 1.82) is 0 Å². The summed E-state index contributed by atoms with van der Waals surface area (Å²) in [5.41, 5.74) is 11.7. The first-order valence-electron chi connectivity index (χ1n) is 21.8. The Labute approximate surface area is 362 Å². The summed E-state index contributed by atoms with van der Waals surface area (Å²) in [4.78, 5) is 5.48. The summed E-state index contributed by atoms with van der Waals surface area (Å²) >= 11 is 0. The molecule has 2 heteroatoms. The lowest BCUT2D eigenvalue weighted by Gasteiger charge is -2.19. The van der Waals surface area contributed by atoms with Crippen LogP contribution in [0.3, 0.4) is 0 Å². The van der Waals surface area contributed by atoms with E-state index in [9.17, 15) is 0 Å². The van der Waals surface area contributed by atoms with Gasteiger partial charge in [-0.25, -0.2) is 4.98 Å².